The minimum Gasteiger partial charge on any atom is -0.481 e. The largest absolute Gasteiger partial charge is 0.481 e. The van der Waals surface area contributed by atoms with Crippen LogP contribution in [0.1, 0.15) is 32.5 Å². The number of benzene rings is 1. The maximum Gasteiger partial charge on any atom is 0.264 e. The first-order valence-corrected chi connectivity index (χ1v) is 6.53. The molecule has 0 aliphatic rings. The first kappa shape index (κ1) is 14.2. The molecule has 0 aliphatic heterocycles. The molecule has 0 aliphatic carbocycles. The van der Waals surface area contributed by atoms with E-state index in [9.17, 15) is 0 Å². The molecule has 1 heterocycles. The van der Waals surface area contributed by atoms with E-state index in [0.29, 0.717) is 27.5 Å². The molecule has 6 heteroatoms. The highest BCUT2D eigenvalue weighted by Gasteiger charge is 2.21. The second-order valence-corrected chi connectivity index (χ2v) is 5.92. The zero-order chi connectivity index (χ0) is 14.0. The van der Waals surface area contributed by atoms with Crippen molar-refractivity contribution in [1.82, 2.24) is 10.1 Å². The van der Waals surface area contributed by atoms with Gasteiger partial charge in [-0.1, -0.05) is 55.2 Å². The number of ether oxygens (including phenoxy) is 1. The summed E-state index contributed by atoms with van der Waals surface area (Å²) in [5.41, 5.74) is -0.163. The van der Waals surface area contributed by atoms with E-state index < -0.39 is 0 Å². The predicted octanol–water partition coefficient (Wildman–Crippen LogP) is 4.25. The molecule has 2 aromatic rings. The zero-order valence-electron chi connectivity index (χ0n) is 10.9. The molecule has 102 valence electrons. The second-order valence-electron chi connectivity index (χ2n) is 5.10. The van der Waals surface area contributed by atoms with Gasteiger partial charge in [-0.2, -0.15) is 4.98 Å². The van der Waals surface area contributed by atoms with Gasteiger partial charge >= 0.3 is 0 Å². The lowest BCUT2D eigenvalue weighted by Gasteiger charge is -2.11. The topological polar surface area (TPSA) is 48.2 Å². The van der Waals surface area contributed by atoms with Gasteiger partial charge in [0.1, 0.15) is 0 Å². The Bertz CT molecular complexity index is 556. The molecule has 1 aromatic carbocycles. The third-order valence-electron chi connectivity index (χ3n) is 2.40. The quantitative estimate of drug-likeness (QED) is 0.850. The summed E-state index contributed by atoms with van der Waals surface area (Å²) in [5.74, 6) is 1.44. The van der Waals surface area contributed by atoms with Gasteiger partial charge < -0.3 is 9.26 Å². The van der Waals surface area contributed by atoms with Gasteiger partial charge in [0.2, 0.25) is 0 Å². The van der Waals surface area contributed by atoms with Crippen LogP contribution < -0.4 is 4.74 Å². The fraction of sp³-hybridized carbons (Fsp3) is 0.385. The van der Waals surface area contributed by atoms with Crippen molar-refractivity contribution in [3.63, 3.8) is 0 Å². The summed E-state index contributed by atoms with van der Waals surface area (Å²) in [6.45, 7) is 6.15. The van der Waals surface area contributed by atoms with Crippen LogP contribution in [0.2, 0.25) is 10.0 Å². The van der Waals surface area contributed by atoms with Crippen LogP contribution >= 0.6 is 23.2 Å². The van der Waals surface area contributed by atoms with Gasteiger partial charge in [0.15, 0.2) is 18.2 Å². The van der Waals surface area contributed by atoms with Gasteiger partial charge in [0.05, 0.1) is 10.0 Å². The molecule has 0 atom stereocenters. The van der Waals surface area contributed by atoms with Crippen LogP contribution in [0.15, 0.2) is 22.7 Å². The SMILES string of the molecule is CC(C)(C)c1noc(COc2c(Cl)cccc2Cl)n1. The summed E-state index contributed by atoms with van der Waals surface area (Å²) < 4.78 is 10.6. The lowest BCUT2D eigenvalue weighted by atomic mass is 9.96. The molecule has 0 N–H and O–H groups in total. The molecular formula is C13H14Cl2N2O2. The van der Waals surface area contributed by atoms with Crippen LogP contribution in [0.3, 0.4) is 0 Å². The first-order valence-electron chi connectivity index (χ1n) is 5.78. The predicted molar refractivity (Wildman–Crippen MR) is 73.8 cm³/mol. The molecule has 0 saturated heterocycles. The Morgan fingerprint density at radius 1 is 1.21 bits per heavy atom. The number of para-hydroxylation sites is 1. The molecule has 0 bridgehead atoms. The lowest BCUT2D eigenvalue weighted by Crippen LogP contribution is -2.13. The second kappa shape index (κ2) is 5.39. The van der Waals surface area contributed by atoms with Gasteiger partial charge in [-0.15, -0.1) is 0 Å². The molecule has 2 rings (SSSR count). The summed E-state index contributed by atoms with van der Waals surface area (Å²) in [6.07, 6.45) is 0. The highest BCUT2D eigenvalue weighted by atomic mass is 35.5. The molecule has 19 heavy (non-hydrogen) atoms. The van der Waals surface area contributed by atoms with Gasteiger partial charge in [0.25, 0.3) is 5.89 Å². The third-order valence-corrected chi connectivity index (χ3v) is 2.99. The van der Waals surface area contributed by atoms with Crippen molar-refractivity contribution in [3.8, 4) is 5.75 Å². The number of rotatable bonds is 3. The normalized spacial score (nSPS) is 11.6. The number of aromatic nitrogens is 2. The van der Waals surface area contributed by atoms with E-state index in [2.05, 4.69) is 10.1 Å². The minimum absolute atomic E-state index is 0.131. The summed E-state index contributed by atoms with van der Waals surface area (Å²) in [6, 6.07) is 5.16. The zero-order valence-corrected chi connectivity index (χ0v) is 12.4. The summed E-state index contributed by atoms with van der Waals surface area (Å²) >= 11 is 12.0. The van der Waals surface area contributed by atoms with E-state index in [-0.39, 0.29) is 12.0 Å². The molecule has 0 radical (unpaired) electrons. The summed E-state index contributed by atoms with van der Waals surface area (Å²) in [7, 11) is 0. The Morgan fingerprint density at radius 3 is 2.37 bits per heavy atom. The van der Waals surface area contributed by atoms with Crippen molar-refractivity contribution < 1.29 is 9.26 Å². The van der Waals surface area contributed by atoms with Crippen LogP contribution in [0.5, 0.6) is 5.75 Å². The molecular weight excluding hydrogens is 287 g/mol. The van der Waals surface area contributed by atoms with Gasteiger partial charge in [-0.05, 0) is 12.1 Å². The van der Waals surface area contributed by atoms with Gasteiger partial charge in [-0.25, -0.2) is 0 Å². The Labute approximate surface area is 121 Å². The number of hydrogen-bond donors (Lipinski definition) is 0. The Kier molecular flexibility index (Phi) is 4.02. The number of hydrogen-bond acceptors (Lipinski definition) is 4. The molecule has 0 saturated carbocycles. The molecule has 0 fully saturated rings. The highest BCUT2D eigenvalue weighted by Crippen LogP contribution is 2.32. The maximum atomic E-state index is 6.00. The van der Waals surface area contributed by atoms with Gasteiger partial charge in [0, 0.05) is 5.41 Å². The number of nitrogens with zero attached hydrogens (tertiary/aromatic N) is 2. The molecule has 1 aromatic heterocycles. The smallest absolute Gasteiger partial charge is 0.264 e. The van der Waals surface area contributed by atoms with E-state index in [0.717, 1.165) is 0 Å². The van der Waals surface area contributed by atoms with E-state index >= 15 is 0 Å². The number of halogens is 2. The van der Waals surface area contributed by atoms with Crippen LogP contribution in [0, 0.1) is 0 Å². The van der Waals surface area contributed by atoms with Crippen molar-refractivity contribution in [3.05, 3.63) is 40.0 Å². The fourth-order valence-electron chi connectivity index (χ4n) is 1.37. The lowest BCUT2D eigenvalue weighted by molar-refractivity contribution is 0.242. The first-order chi connectivity index (χ1) is 8.88. The van der Waals surface area contributed by atoms with Gasteiger partial charge in [-0.3, -0.25) is 0 Å². The van der Waals surface area contributed by atoms with Crippen molar-refractivity contribution in [2.45, 2.75) is 32.8 Å². The van der Waals surface area contributed by atoms with Crippen LogP contribution in [-0.4, -0.2) is 10.1 Å². The Hall–Kier alpha value is -1.26. The monoisotopic (exact) mass is 300 g/mol. The average molecular weight is 301 g/mol. The minimum atomic E-state index is -0.163. The molecule has 0 amide bonds. The summed E-state index contributed by atoms with van der Waals surface area (Å²) in [4.78, 5) is 4.27. The van der Waals surface area contributed by atoms with Crippen LogP contribution in [0.4, 0.5) is 0 Å². The van der Waals surface area contributed by atoms with E-state index in [1.54, 1.807) is 18.2 Å². The summed E-state index contributed by atoms with van der Waals surface area (Å²) in [5, 5.41) is 4.81. The third kappa shape index (κ3) is 3.39. The van der Waals surface area contributed by atoms with E-state index in [1.165, 1.54) is 0 Å². The molecule has 4 nitrogen and oxygen atoms in total. The van der Waals surface area contributed by atoms with Crippen molar-refractivity contribution in [2.24, 2.45) is 0 Å². The highest BCUT2D eigenvalue weighted by molar-refractivity contribution is 6.37. The Balaban J connectivity index is 2.09. The van der Waals surface area contributed by atoms with E-state index in [1.807, 2.05) is 20.8 Å². The Morgan fingerprint density at radius 2 is 1.84 bits per heavy atom. The van der Waals surface area contributed by atoms with E-state index in [4.69, 9.17) is 32.5 Å². The molecule has 0 spiro atoms. The van der Waals surface area contributed by atoms with Crippen LogP contribution in [0.25, 0.3) is 0 Å². The van der Waals surface area contributed by atoms with Crippen molar-refractivity contribution in [2.75, 3.05) is 0 Å². The standard InChI is InChI=1S/C13H14Cl2N2O2/c1-13(2,3)12-16-10(19-17-12)7-18-11-8(14)5-4-6-9(11)15/h4-6H,7H2,1-3H3. The molecule has 0 unspecified atom stereocenters. The maximum absolute atomic E-state index is 6.00. The average Bonchev–Trinajstić information content (AvgIpc) is 2.77. The fourth-order valence-corrected chi connectivity index (χ4v) is 1.88. The van der Waals surface area contributed by atoms with Crippen molar-refractivity contribution >= 4 is 23.2 Å². The van der Waals surface area contributed by atoms with Crippen LogP contribution in [-0.2, 0) is 12.0 Å². The van der Waals surface area contributed by atoms with Crippen molar-refractivity contribution in [1.29, 1.82) is 0 Å².